The Morgan fingerprint density at radius 2 is 2.25 bits per heavy atom. The topological polar surface area (TPSA) is 29.5 Å². The van der Waals surface area contributed by atoms with Crippen LogP contribution in [0.25, 0.3) is 0 Å². The third-order valence-corrected chi connectivity index (χ3v) is 4.65. The minimum absolute atomic E-state index is 0.104. The van der Waals surface area contributed by atoms with E-state index in [2.05, 4.69) is 6.92 Å². The summed E-state index contributed by atoms with van der Waals surface area (Å²) in [5.74, 6) is 0.764. The van der Waals surface area contributed by atoms with E-state index in [0.717, 1.165) is 25.4 Å². The van der Waals surface area contributed by atoms with E-state index in [1.54, 1.807) is 0 Å². The second kappa shape index (κ2) is 1.88. The number of aliphatic hydroxyl groups excluding tert-OH is 1. The Kier molecular flexibility index (Phi) is 1.15. The van der Waals surface area contributed by atoms with Crippen molar-refractivity contribution < 1.29 is 9.84 Å². The predicted molar refractivity (Wildman–Crippen MR) is 44.8 cm³/mol. The highest BCUT2D eigenvalue weighted by molar-refractivity contribution is 5.21. The summed E-state index contributed by atoms with van der Waals surface area (Å²) < 4.78 is 5.88. The molecule has 0 aromatic carbocycles. The zero-order valence-corrected chi connectivity index (χ0v) is 7.55. The van der Waals surface area contributed by atoms with Crippen molar-refractivity contribution in [2.45, 2.75) is 44.3 Å². The Labute approximate surface area is 72.9 Å². The quantitative estimate of drug-likeness (QED) is 0.591. The number of ether oxygens (including phenoxy) is 1. The van der Waals surface area contributed by atoms with Gasteiger partial charge in [0.2, 0.25) is 0 Å². The second-order valence-corrected chi connectivity index (χ2v) is 4.90. The van der Waals surface area contributed by atoms with Gasteiger partial charge in [0.1, 0.15) is 0 Å². The van der Waals surface area contributed by atoms with E-state index in [4.69, 9.17) is 4.74 Å². The molecule has 0 amide bonds. The molecule has 2 aliphatic carbocycles. The molecule has 0 aromatic rings. The predicted octanol–water partition coefficient (Wildman–Crippen LogP) is 1.33. The normalized spacial score (nSPS) is 62.5. The van der Waals surface area contributed by atoms with Crippen LogP contribution in [-0.2, 0) is 4.74 Å². The second-order valence-electron chi connectivity index (χ2n) is 4.90. The van der Waals surface area contributed by atoms with E-state index in [1.807, 2.05) is 0 Å². The highest BCUT2D eigenvalue weighted by Crippen LogP contribution is 2.68. The number of rotatable bonds is 0. The zero-order valence-electron chi connectivity index (χ0n) is 7.55. The van der Waals surface area contributed by atoms with Gasteiger partial charge in [0.25, 0.3) is 0 Å². The molecule has 3 fully saturated rings. The van der Waals surface area contributed by atoms with Crippen LogP contribution in [0.3, 0.4) is 0 Å². The fourth-order valence-corrected chi connectivity index (χ4v) is 3.84. The average Bonchev–Trinajstić information content (AvgIpc) is 2.46. The summed E-state index contributed by atoms with van der Waals surface area (Å²) in [5.41, 5.74) is 0.209. The van der Waals surface area contributed by atoms with E-state index in [0.29, 0.717) is 0 Å². The Morgan fingerprint density at radius 3 is 2.92 bits per heavy atom. The number of aliphatic hydroxyl groups is 1. The molecule has 1 heterocycles. The highest BCUT2D eigenvalue weighted by Gasteiger charge is 2.71. The molecule has 0 aromatic heterocycles. The van der Waals surface area contributed by atoms with Crippen molar-refractivity contribution in [1.29, 1.82) is 0 Å². The summed E-state index contributed by atoms with van der Waals surface area (Å²) in [6.07, 6.45) is 4.35. The molecule has 1 spiro atoms. The lowest BCUT2D eigenvalue weighted by molar-refractivity contribution is -0.198. The molecule has 2 nitrogen and oxygen atoms in total. The Bertz CT molecular complexity index is 228. The monoisotopic (exact) mass is 168 g/mol. The summed E-state index contributed by atoms with van der Waals surface area (Å²) in [6.45, 7) is 3.12. The lowest BCUT2D eigenvalue weighted by atomic mass is 9.52. The maximum Gasteiger partial charge on any atom is 0.0790 e. The van der Waals surface area contributed by atoms with Crippen molar-refractivity contribution in [2.75, 3.05) is 6.61 Å². The van der Waals surface area contributed by atoms with Crippen molar-refractivity contribution in [1.82, 2.24) is 0 Å². The molecular weight excluding hydrogens is 152 g/mol. The lowest BCUT2D eigenvalue weighted by Gasteiger charge is -2.56. The molecule has 4 unspecified atom stereocenters. The van der Waals surface area contributed by atoms with Gasteiger partial charge in [0.05, 0.1) is 11.7 Å². The van der Waals surface area contributed by atoms with Gasteiger partial charge < -0.3 is 9.84 Å². The van der Waals surface area contributed by atoms with Crippen LogP contribution >= 0.6 is 0 Å². The molecule has 12 heavy (non-hydrogen) atoms. The largest absolute Gasteiger partial charge is 0.392 e. The molecule has 4 atom stereocenters. The molecule has 2 saturated carbocycles. The first-order chi connectivity index (χ1) is 5.69. The van der Waals surface area contributed by atoms with Crippen molar-refractivity contribution in [3.8, 4) is 0 Å². The summed E-state index contributed by atoms with van der Waals surface area (Å²) in [5, 5.41) is 9.84. The molecule has 68 valence electrons. The first kappa shape index (κ1) is 7.34. The van der Waals surface area contributed by atoms with Crippen LogP contribution in [0.4, 0.5) is 0 Å². The van der Waals surface area contributed by atoms with Crippen molar-refractivity contribution in [3.63, 3.8) is 0 Å². The van der Waals surface area contributed by atoms with Gasteiger partial charge in [-0.25, -0.2) is 0 Å². The highest BCUT2D eigenvalue weighted by atomic mass is 16.5. The molecule has 3 rings (SSSR count). The van der Waals surface area contributed by atoms with Crippen LogP contribution in [0.1, 0.15) is 32.6 Å². The lowest BCUT2D eigenvalue weighted by Crippen LogP contribution is -2.61. The summed E-state index contributed by atoms with van der Waals surface area (Å²) >= 11 is 0. The smallest absolute Gasteiger partial charge is 0.0790 e. The van der Waals surface area contributed by atoms with E-state index in [9.17, 15) is 5.11 Å². The SMILES string of the molecule is CC12CC3CCOC31CCC2O. The van der Waals surface area contributed by atoms with Crippen molar-refractivity contribution in [3.05, 3.63) is 0 Å². The van der Waals surface area contributed by atoms with Gasteiger partial charge in [0.15, 0.2) is 0 Å². The third kappa shape index (κ3) is 0.521. The first-order valence-electron chi connectivity index (χ1n) is 5.01. The minimum atomic E-state index is -0.105. The average molecular weight is 168 g/mol. The van der Waals surface area contributed by atoms with Crippen molar-refractivity contribution >= 4 is 0 Å². The van der Waals surface area contributed by atoms with Gasteiger partial charge in [-0.15, -0.1) is 0 Å². The molecule has 1 saturated heterocycles. The molecule has 3 aliphatic rings. The van der Waals surface area contributed by atoms with Crippen molar-refractivity contribution in [2.24, 2.45) is 11.3 Å². The number of hydrogen-bond acceptors (Lipinski definition) is 2. The van der Waals surface area contributed by atoms with Crippen LogP contribution < -0.4 is 0 Å². The van der Waals surface area contributed by atoms with E-state index >= 15 is 0 Å². The van der Waals surface area contributed by atoms with E-state index < -0.39 is 0 Å². The fraction of sp³-hybridized carbons (Fsp3) is 1.00. The van der Waals surface area contributed by atoms with E-state index in [-0.39, 0.29) is 17.1 Å². The molecular formula is C10H16O2. The minimum Gasteiger partial charge on any atom is -0.392 e. The van der Waals surface area contributed by atoms with Crippen LogP contribution in [0.15, 0.2) is 0 Å². The maximum absolute atomic E-state index is 9.84. The van der Waals surface area contributed by atoms with Gasteiger partial charge in [-0.05, 0) is 31.6 Å². The fourth-order valence-electron chi connectivity index (χ4n) is 3.84. The summed E-state index contributed by atoms with van der Waals surface area (Å²) in [6, 6.07) is 0. The summed E-state index contributed by atoms with van der Waals surface area (Å²) in [7, 11) is 0. The van der Waals surface area contributed by atoms with E-state index in [1.165, 1.54) is 12.8 Å². The zero-order chi connectivity index (χ0) is 8.40. The third-order valence-electron chi connectivity index (χ3n) is 4.65. The molecule has 0 bridgehead atoms. The molecule has 2 heteroatoms. The Balaban J connectivity index is 2.00. The van der Waals surface area contributed by atoms with Gasteiger partial charge in [0, 0.05) is 12.0 Å². The first-order valence-corrected chi connectivity index (χ1v) is 5.01. The van der Waals surface area contributed by atoms with Gasteiger partial charge in [-0.2, -0.15) is 0 Å². The van der Waals surface area contributed by atoms with Crippen LogP contribution in [0, 0.1) is 11.3 Å². The van der Waals surface area contributed by atoms with Gasteiger partial charge in [-0.1, -0.05) is 6.92 Å². The maximum atomic E-state index is 9.84. The van der Waals surface area contributed by atoms with Crippen LogP contribution in [0.5, 0.6) is 0 Å². The van der Waals surface area contributed by atoms with Gasteiger partial charge in [-0.3, -0.25) is 0 Å². The molecule has 1 aliphatic heterocycles. The Morgan fingerprint density at radius 1 is 1.42 bits per heavy atom. The Hall–Kier alpha value is -0.0800. The standard InChI is InChI=1S/C10H16O2/c1-9-6-7-3-5-12-10(7,9)4-2-8(9)11/h7-8,11H,2-6H2,1H3. The van der Waals surface area contributed by atoms with Gasteiger partial charge >= 0.3 is 0 Å². The van der Waals surface area contributed by atoms with Crippen LogP contribution in [0.2, 0.25) is 0 Å². The van der Waals surface area contributed by atoms with Crippen LogP contribution in [-0.4, -0.2) is 23.4 Å². The molecule has 0 radical (unpaired) electrons. The summed E-state index contributed by atoms with van der Waals surface area (Å²) in [4.78, 5) is 0. The number of hydrogen-bond donors (Lipinski definition) is 1. The molecule has 1 N–H and O–H groups in total.